The second kappa shape index (κ2) is 7.05. The predicted octanol–water partition coefficient (Wildman–Crippen LogP) is 3.24. The molecular weight excluding hydrogens is 380 g/mol. The number of hydrogen-bond acceptors (Lipinski definition) is 4. The molecule has 2 aliphatic heterocycles. The lowest BCUT2D eigenvalue weighted by Crippen LogP contribution is -2.47. The van der Waals surface area contributed by atoms with Gasteiger partial charge in [-0.1, -0.05) is 43.9 Å². The lowest BCUT2D eigenvalue weighted by molar-refractivity contribution is -0.118. The highest BCUT2D eigenvalue weighted by molar-refractivity contribution is 8.15. The molecule has 5 nitrogen and oxygen atoms in total. The lowest BCUT2D eigenvalue weighted by Gasteiger charge is -2.36. The summed E-state index contributed by atoms with van der Waals surface area (Å²) in [6.07, 6.45) is 11.7. The summed E-state index contributed by atoms with van der Waals surface area (Å²) in [5.74, 6) is 2.65. The summed E-state index contributed by atoms with van der Waals surface area (Å²) in [6.45, 7) is 0. The maximum atomic E-state index is 12.6. The Morgan fingerprint density at radius 2 is 1.89 bits per heavy atom. The van der Waals surface area contributed by atoms with E-state index >= 15 is 0 Å². The first kappa shape index (κ1) is 18.5. The molecule has 5 fully saturated rings. The Bertz CT molecular complexity index is 744. The molecule has 0 radical (unpaired) electrons. The normalized spacial score (nSPS) is 41.7. The molecule has 7 heteroatoms. The van der Waals surface area contributed by atoms with Crippen LogP contribution in [0.1, 0.15) is 64.2 Å². The molecule has 0 spiro atoms. The van der Waals surface area contributed by atoms with Gasteiger partial charge in [-0.15, -0.1) is 0 Å². The number of nitrogens with zero attached hydrogens (tertiary/aromatic N) is 2. The third-order valence-electron chi connectivity index (χ3n) is 7.63. The summed E-state index contributed by atoms with van der Waals surface area (Å²) in [5, 5.41) is 0.907. The number of amides is 1. The van der Waals surface area contributed by atoms with E-state index in [1.54, 1.807) is 11.8 Å². The van der Waals surface area contributed by atoms with Gasteiger partial charge in [-0.2, -0.15) is 4.99 Å². The van der Waals surface area contributed by atoms with Crippen LogP contribution in [-0.2, 0) is 14.6 Å². The van der Waals surface area contributed by atoms with Crippen molar-refractivity contribution in [1.29, 1.82) is 0 Å². The van der Waals surface area contributed by atoms with Crippen LogP contribution >= 0.6 is 11.8 Å². The zero-order valence-electron chi connectivity index (χ0n) is 15.9. The highest BCUT2D eigenvalue weighted by atomic mass is 32.2. The fraction of sp³-hybridized carbons (Fsp3) is 0.900. The third kappa shape index (κ3) is 3.59. The molecule has 3 saturated carbocycles. The van der Waals surface area contributed by atoms with Crippen LogP contribution in [0.4, 0.5) is 0 Å². The molecule has 5 rings (SSSR count). The van der Waals surface area contributed by atoms with Crippen LogP contribution in [0.25, 0.3) is 0 Å². The Kier molecular flexibility index (Phi) is 4.82. The quantitative estimate of drug-likeness (QED) is 0.712. The molecule has 3 aliphatic carbocycles. The molecule has 0 aromatic heterocycles. The van der Waals surface area contributed by atoms with Crippen molar-refractivity contribution in [3.63, 3.8) is 0 Å². The van der Waals surface area contributed by atoms with Crippen LogP contribution in [0.5, 0.6) is 0 Å². The van der Waals surface area contributed by atoms with Crippen molar-refractivity contribution in [2.24, 2.45) is 22.7 Å². The van der Waals surface area contributed by atoms with E-state index in [2.05, 4.69) is 9.89 Å². The second-order valence-electron chi connectivity index (χ2n) is 9.43. The first-order valence-electron chi connectivity index (χ1n) is 10.8. The van der Waals surface area contributed by atoms with Crippen LogP contribution in [0.3, 0.4) is 0 Å². The van der Waals surface area contributed by atoms with Crippen molar-refractivity contribution in [3.8, 4) is 0 Å². The van der Waals surface area contributed by atoms with Crippen molar-refractivity contribution in [3.05, 3.63) is 0 Å². The lowest BCUT2D eigenvalue weighted by atomic mass is 9.93. The Labute approximate surface area is 166 Å². The van der Waals surface area contributed by atoms with Crippen molar-refractivity contribution in [2.45, 2.75) is 81.5 Å². The van der Waals surface area contributed by atoms with Crippen molar-refractivity contribution < 1.29 is 13.2 Å². The molecule has 0 aromatic rings. The number of aliphatic imine (C=N–C) groups is 1. The molecule has 2 saturated heterocycles. The van der Waals surface area contributed by atoms with E-state index in [4.69, 9.17) is 0 Å². The molecule has 5 aliphatic rings. The van der Waals surface area contributed by atoms with Crippen molar-refractivity contribution >= 4 is 32.7 Å². The molecule has 0 N–H and O–H groups in total. The van der Waals surface area contributed by atoms with Crippen LogP contribution in [-0.4, -0.2) is 53.2 Å². The van der Waals surface area contributed by atoms with E-state index in [1.807, 2.05) is 0 Å². The van der Waals surface area contributed by atoms with Gasteiger partial charge >= 0.3 is 0 Å². The van der Waals surface area contributed by atoms with Gasteiger partial charge in [-0.3, -0.25) is 4.79 Å². The van der Waals surface area contributed by atoms with E-state index in [-0.39, 0.29) is 28.7 Å². The monoisotopic (exact) mass is 410 g/mol. The summed E-state index contributed by atoms with van der Waals surface area (Å²) >= 11 is 1.57. The van der Waals surface area contributed by atoms with E-state index in [9.17, 15) is 13.2 Å². The van der Waals surface area contributed by atoms with Gasteiger partial charge in [0.05, 0.1) is 17.5 Å². The van der Waals surface area contributed by atoms with E-state index in [0.717, 1.165) is 23.9 Å². The summed E-state index contributed by atoms with van der Waals surface area (Å²) in [5.41, 5.74) is 0. The highest BCUT2D eigenvalue weighted by Gasteiger charge is 2.54. The second-order valence-corrected chi connectivity index (χ2v) is 12.8. The van der Waals surface area contributed by atoms with Gasteiger partial charge in [-0.25, -0.2) is 8.42 Å². The maximum Gasteiger partial charge on any atom is 0.248 e. The molecule has 5 atom stereocenters. The zero-order chi connectivity index (χ0) is 18.6. The van der Waals surface area contributed by atoms with E-state index in [1.165, 1.54) is 44.9 Å². The number of carbonyl (C=O) groups is 1. The molecule has 0 aromatic carbocycles. The number of sulfone groups is 1. The largest absolute Gasteiger partial charge is 0.343 e. The average Bonchev–Trinajstić information content (AvgIpc) is 3.39. The van der Waals surface area contributed by atoms with Gasteiger partial charge < -0.3 is 4.90 Å². The number of amidine groups is 1. The van der Waals surface area contributed by atoms with Gasteiger partial charge in [0.25, 0.3) is 0 Å². The number of fused-ring (bicyclic) bond motifs is 3. The highest BCUT2D eigenvalue weighted by Crippen LogP contribution is 2.51. The Hall–Kier alpha value is -0.560. The zero-order valence-corrected chi connectivity index (χ0v) is 17.5. The first-order chi connectivity index (χ1) is 13.0. The molecule has 2 bridgehead atoms. The van der Waals surface area contributed by atoms with Crippen molar-refractivity contribution in [1.82, 2.24) is 4.90 Å². The molecule has 27 heavy (non-hydrogen) atoms. The van der Waals surface area contributed by atoms with Crippen LogP contribution in [0.2, 0.25) is 0 Å². The average molecular weight is 411 g/mol. The third-order valence-corrected chi connectivity index (χ3v) is 10.9. The first-order valence-corrected chi connectivity index (χ1v) is 13.5. The summed E-state index contributed by atoms with van der Waals surface area (Å²) in [4.78, 5) is 19.4. The Morgan fingerprint density at radius 3 is 2.59 bits per heavy atom. The van der Waals surface area contributed by atoms with Gasteiger partial charge in [0.1, 0.15) is 0 Å². The Morgan fingerprint density at radius 1 is 1.07 bits per heavy atom. The summed E-state index contributed by atoms with van der Waals surface area (Å²) < 4.78 is 24.4. The number of carbonyl (C=O) groups excluding carboxylic acids is 1. The van der Waals surface area contributed by atoms with Crippen LogP contribution in [0, 0.1) is 17.8 Å². The SMILES string of the molecule is O=C(CCC1CCCC1)N=C1S[C@@H]2CS(=O)(=O)C[C@H]2N1[C@@H]1C[C@@H]2CC[C@@H]1C2. The smallest absolute Gasteiger partial charge is 0.248 e. The van der Waals surface area contributed by atoms with Gasteiger partial charge in [-0.05, 0) is 43.4 Å². The fourth-order valence-corrected chi connectivity index (χ4v) is 10.3. The number of hydrogen-bond donors (Lipinski definition) is 0. The summed E-state index contributed by atoms with van der Waals surface area (Å²) in [7, 11) is -2.96. The topological polar surface area (TPSA) is 66.8 Å². The standard InChI is InChI=1S/C20H30N2O3S2/c23-19(8-6-13-3-1-2-4-13)21-20-22(16-10-14-5-7-15(16)9-14)17-11-27(24,25)12-18(17)26-20/h13-18H,1-12H2/t14-,15-,16-,17-,18-/m1/s1. The fourth-order valence-electron chi connectivity index (χ4n) is 6.32. The predicted molar refractivity (Wildman–Crippen MR) is 109 cm³/mol. The van der Waals surface area contributed by atoms with Gasteiger partial charge in [0.2, 0.25) is 5.91 Å². The summed E-state index contributed by atoms with van der Waals surface area (Å²) in [6, 6.07) is 0.437. The van der Waals surface area contributed by atoms with E-state index in [0.29, 0.717) is 24.3 Å². The molecule has 1 amide bonds. The minimum Gasteiger partial charge on any atom is -0.343 e. The van der Waals surface area contributed by atoms with Crippen molar-refractivity contribution in [2.75, 3.05) is 11.5 Å². The van der Waals surface area contributed by atoms with Crippen LogP contribution in [0.15, 0.2) is 4.99 Å². The Balaban J connectivity index is 1.33. The van der Waals surface area contributed by atoms with Crippen LogP contribution < -0.4 is 0 Å². The maximum absolute atomic E-state index is 12.6. The molecular formula is C20H30N2O3S2. The van der Waals surface area contributed by atoms with E-state index < -0.39 is 9.84 Å². The minimum atomic E-state index is -2.96. The number of rotatable bonds is 4. The minimum absolute atomic E-state index is 0.000358. The number of thioether (sulfide) groups is 1. The molecule has 0 unspecified atom stereocenters. The molecule has 2 heterocycles. The molecule has 150 valence electrons. The van der Waals surface area contributed by atoms with Gasteiger partial charge in [0, 0.05) is 17.7 Å². The van der Waals surface area contributed by atoms with Gasteiger partial charge in [0.15, 0.2) is 15.0 Å².